The summed E-state index contributed by atoms with van der Waals surface area (Å²) >= 11 is 1.13. The molecule has 1 aromatic rings. The van der Waals surface area contributed by atoms with E-state index in [2.05, 4.69) is 16.6 Å². The quantitative estimate of drug-likeness (QED) is 0.892. The SMILES string of the molecule is CC1CCC(CNc2snc(N)c2S(C)(=O)=O)CC1. The molecular weight excluding hydrogens is 282 g/mol. The van der Waals surface area contributed by atoms with Gasteiger partial charge in [0.05, 0.1) is 0 Å². The third-order valence-corrected chi connectivity index (χ3v) is 5.83. The van der Waals surface area contributed by atoms with Gasteiger partial charge in [-0.15, -0.1) is 0 Å². The van der Waals surface area contributed by atoms with Crippen molar-refractivity contribution in [3.8, 4) is 0 Å². The van der Waals surface area contributed by atoms with Crippen LogP contribution < -0.4 is 11.1 Å². The van der Waals surface area contributed by atoms with Gasteiger partial charge in [0.15, 0.2) is 15.7 Å². The molecule has 0 spiro atoms. The molecule has 19 heavy (non-hydrogen) atoms. The van der Waals surface area contributed by atoms with E-state index in [1.807, 2.05) is 0 Å². The van der Waals surface area contributed by atoms with Crippen LogP contribution in [0.1, 0.15) is 32.6 Å². The van der Waals surface area contributed by atoms with E-state index in [1.165, 1.54) is 31.9 Å². The number of nitrogens with zero attached hydrogens (tertiary/aromatic N) is 1. The average molecular weight is 303 g/mol. The van der Waals surface area contributed by atoms with Gasteiger partial charge in [0, 0.05) is 12.8 Å². The molecule has 0 unspecified atom stereocenters. The second-order valence-electron chi connectivity index (χ2n) is 5.51. The molecule has 0 atom stereocenters. The molecule has 0 aliphatic heterocycles. The number of rotatable bonds is 4. The Morgan fingerprint density at radius 2 is 2.00 bits per heavy atom. The van der Waals surface area contributed by atoms with Crippen LogP contribution in [0.2, 0.25) is 0 Å². The lowest BCUT2D eigenvalue weighted by atomic mass is 9.83. The lowest BCUT2D eigenvalue weighted by Crippen LogP contribution is -2.20. The summed E-state index contributed by atoms with van der Waals surface area (Å²) in [7, 11) is -3.32. The first-order chi connectivity index (χ1) is 8.88. The van der Waals surface area contributed by atoms with E-state index in [4.69, 9.17) is 5.73 Å². The van der Waals surface area contributed by atoms with Crippen molar-refractivity contribution in [2.75, 3.05) is 23.9 Å². The summed E-state index contributed by atoms with van der Waals surface area (Å²) in [5, 5.41) is 3.80. The Bertz CT molecular complexity index is 531. The summed E-state index contributed by atoms with van der Waals surface area (Å²) in [5.41, 5.74) is 5.63. The minimum absolute atomic E-state index is 0.104. The summed E-state index contributed by atoms with van der Waals surface area (Å²) in [4.78, 5) is 0.154. The Kier molecular flexibility index (Phi) is 4.35. The van der Waals surface area contributed by atoms with Gasteiger partial charge in [0.1, 0.15) is 9.90 Å². The summed E-state index contributed by atoms with van der Waals surface area (Å²) in [6.07, 6.45) is 6.10. The van der Waals surface area contributed by atoms with Crippen LogP contribution in [0.25, 0.3) is 0 Å². The van der Waals surface area contributed by atoms with E-state index < -0.39 is 9.84 Å². The molecular formula is C12H21N3O2S2. The second-order valence-corrected chi connectivity index (χ2v) is 8.23. The molecule has 7 heteroatoms. The number of hydrogen-bond donors (Lipinski definition) is 2. The van der Waals surface area contributed by atoms with Gasteiger partial charge in [-0.05, 0) is 36.2 Å². The number of sulfone groups is 1. The zero-order chi connectivity index (χ0) is 14.0. The summed E-state index contributed by atoms with van der Waals surface area (Å²) < 4.78 is 27.3. The molecule has 0 bridgehead atoms. The molecule has 5 nitrogen and oxygen atoms in total. The van der Waals surface area contributed by atoms with Crippen LogP contribution in [-0.2, 0) is 9.84 Å². The van der Waals surface area contributed by atoms with E-state index >= 15 is 0 Å². The molecule has 1 aromatic heterocycles. The van der Waals surface area contributed by atoms with Gasteiger partial charge in [-0.3, -0.25) is 0 Å². The first kappa shape index (κ1) is 14.6. The highest BCUT2D eigenvalue weighted by Crippen LogP contribution is 2.33. The van der Waals surface area contributed by atoms with Gasteiger partial charge in [-0.2, -0.15) is 4.37 Å². The molecule has 1 saturated carbocycles. The van der Waals surface area contributed by atoms with E-state index in [0.717, 1.165) is 24.0 Å². The summed E-state index contributed by atoms with van der Waals surface area (Å²) in [6, 6.07) is 0. The largest absolute Gasteiger partial charge is 0.382 e. The minimum atomic E-state index is -3.32. The van der Waals surface area contributed by atoms with Crippen LogP contribution in [-0.4, -0.2) is 25.6 Å². The van der Waals surface area contributed by atoms with Gasteiger partial charge in [-0.1, -0.05) is 19.8 Å². The maximum Gasteiger partial charge on any atom is 0.182 e. The van der Waals surface area contributed by atoms with Gasteiger partial charge >= 0.3 is 0 Å². The monoisotopic (exact) mass is 303 g/mol. The molecule has 1 heterocycles. The molecule has 0 saturated heterocycles. The molecule has 1 aliphatic rings. The molecule has 0 amide bonds. The number of hydrogen-bond acceptors (Lipinski definition) is 6. The average Bonchev–Trinajstić information content (AvgIpc) is 2.69. The van der Waals surface area contributed by atoms with Crippen LogP contribution >= 0.6 is 11.5 Å². The number of nitrogen functional groups attached to an aromatic ring is 1. The lowest BCUT2D eigenvalue weighted by molar-refractivity contribution is 0.300. The minimum Gasteiger partial charge on any atom is -0.382 e. The Hall–Kier alpha value is -0.820. The van der Waals surface area contributed by atoms with Gasteiger partial charge in [-0.25, -0.2) is 8.42 Å². The van der Waals surface area contributed by atoms with Gasteiger partial charge < -0.3 is 11.1 Å². The predicted octanol–water partition coefficient (Wildman–Crippen LogP) is 2.37. The van der Waals surface area contributed by atoms with E-state index in [0.29, 0.717) is 10.9 Å². The van der Waals surface area contributed by atoms with Crippen LogP contribution in [0.3, 0.4) is 0 Å². The highest BCUT2D eigenvalue weighted by molar-refractivity contribution is 7.91. The maximum atomic E-state index is 11.7. The fourth-order valence-electron chi connectivity index (χ4n) is 2.54. The smallest absolute Gasteiger partial charge is 0.182 e. The first-order valence-corrected chi connectivity index (χ1v) is 9.23. The van der Waals surface area contributed by atoms with Crippen molar-refractivity contribution < 1.29 is 8.42 Å². The Morgan fingerprint density at radius 1 is 1.37 bits per heavy atom. The van der Waals surface area contributed by atoms with Crippen molar-refractivity contribution in [2.24, 2.45) is 11.8 Å². The maximum absolute atomic E-state index is 11.7. The molecule has 0 radical (unpaired) electrons. The first-order valence-electron chi connectivity index (χ1n) is 6.57. The van der Waals surface area contributed by atoms with E-state index in [1.54, 1.807) is 0 Å². The highest BCUT2D eigenvalue weighted by Gasteiger charge is 2.23. The number of aromatic nitrogens is 1. The van der Waals surface area contributed by atoms with Crippen molar-refractivity contribution >= 4 is 32.2 Å². The summed E-state index contributed by atoms with van der Waals surface area (Å²) in [5.74, 6) is 1.54. The number of nitrogens with two attached hydrogens (primary N) is 1. The van der Waals surface area contributed by atoms with Crippen LogP contribution in [0.15, 0.2) is 4.90 Å². The normalized spacial score (nSPS) is 24.3. The highest BCUT2D eigenvalue weighted by atomic mass is 32.2. The topological polar surface area (TPSA) is 85.1 Å². The zero-order valence-corrected chi connectivity index (χ0v) is 13.0. The standard InChI is InChI=1S/C12H21N3O2S2/c1-8-3-5-9(6-4-8)7-14-12-10(19(2,16)17)11(13)15-18-12/h8-9,14H,3-7H2,1-2H3,(H2,13,15). The van der Waals surface area contributed by atoms with E-state index in [9.17, 15) is 8.42 Å². The Labute approximate surface area is 118 Å². The van der Waals surface area contributed by atoms with E-state index in [-0.39, 0.29) is 10.7 Å². The fraction of sp³-hybridized carbons (Fsp3) is 0.750. The van der Waals surface area contributed by atoms with Crippen molar-refractivity contribution in [3.63, 3.8) is 0 Å². The summed E-state index contributed by atoms with van der Waals surface area (Å²) in [6.45, 7) is 3.09. The van der Waals surface area contributed by atoms with Crippen molar-refractivity contribution in [2.45, 2.75) is 37.5 Å². The zero-order valence-electron chi connectivity index (χ0n) is 11.3. The molecule has 3 N–H and O–H groups in total. The van der Waals surface area contributed by atoms with Crippen LogP contribution in [0.4, 0.5) is 10.8 Å². The van der Waals surface area contributed by atoms with Crippen molar-refractivity contribution in [3.05, 3.63) is 0 Å². The van der Waals surface area contributed by atoms with Crippen molar-refractivity contribution in [1.29, 1.82) is 0 Å². The molecule has 1 fully saturated rings. The Balaban J connectivity index is 2.01. The van der Waals surface area contributed by atoms with Gasteiger partial charge in [0.25, 0.3) is 0 Å². The number of nitrogens with one attached hydrogen (secondary N) is 1. The molecule has 2 rings (SSSR count). The number of anilines is 2. The third kappa shape index (κ3) is 3.60. The van der Waals surface area contributed by atoms with Gasteiger partial charge in [0.2, 0.25) is 0 Å². The fourth-order valence-corrected chi connectivity index (χ4v) is 4.61. The third-order valence-electron chi connectivity index (χ3n) is 3.73. The lowest BCUT2D eigenvalue weighted by Gasteiger charge is -2.26. The second kappa shape index (κ2) is 5.66. The Morgan fingerprint density at radius 3 is 2.58 bits per heavy atom. The molecule has 1 aliphatic carbocycles. The van der Waals surface area contributed by atoms with Crippen molar-refractivity contribution in [1.82, 2.24) is 4.37 Å². The predicted molar refractivity (Wildman–Crippen MR) is 79.2 cm³/mol. The van der Waals surface area contributed by atoms with Crippen LogP contribution in [0, 0.1) is 11.8 Å². The molecule has 0 aromatic carbocycles. The molecule has 108 valence electrons. The van der Waals surface area contributed by atoms with Crippen LogP contribution in [0.5, 0.6) is 0 Å².